The Labute approximate surface area is 107 Å². The van der Waals surface area contributed by atoms with E-state index in [0.717, 1.165) is 24.3 Å². The van der Waals surface area contributed by atoms with Gasteiger partial charge in [-0.1, -0.05) is 33.6 Å². The Balaban J connectivity index is 2.12. The third-order valence-electron chi connectivity index (χ3n) is 5.73. The number of nitrogens with two attached hydrogens (primary N) is 1. The molecular formula is C15H30N2. The lowest BCUT2D eigenvalue weighted by Gasteiger charge is -2.49. The molecule has 17 heavy (non-hydrogen) atoms. The Morgan fingerprint density at radius 1 is 1.24 bits per heavy atom. The van der Waals surface area contributed by atoms with Crippen molar-refractivity contribution in [1.82, 2.24) is 4.90 Å². The zero-order valence-corrected chi connectivity index (χ0v) is 11.9. The Hall–Kier alpha value is -0.0800. The molecule has 2 aliphatic rings. The zero-order chi connectivity index (χ0) is 12.5. The van der Waals surface area contributed by atoms with Crippen molar-refractivity contribution in [3.63, 3.8) is 0 Å². The minimum absolute atomic E-state index is 0.350. The van der Waals surface area contributed by atoms with Gasteiger partial charge >= 0.3 is 0 Å². The Kier molecular flexibility index (Phi) is 4.14. The predicted molar refractivity (Wildman–Crippen MR) is 73.9 cm³/mol. The lowest BCUT2D eigenvalue weighted by Crippen LogP contribution is -2.59. The summed E-state index contributed by atoms with van der Waals surface area (Å²) in [6.45, 7) is 10.6. The number of hydrogen-bond acceptors (Lipinski definition) is 2. The average molecular weight is 238 g/mol. The monoisotopic (exact) mass is 238 g/mol. The van der Waals surface area contributed by atoms with Crippen molar-refractivity contribution in [2.45, 2.75) is 58.4 Å². The van der Waals surface area contributed by atoms with Crippen molar-refractivity contribution >= 4 is 0 Å². The molecule has 4 atom stereocenters. The lowest BCUT2D eigenvalue weighted by atomic mass is 9.79. The summed E-state index contributed by atoms with van der Waals surface area (Å²) in [6.07, 6.45) is 6.78. The van der Waals surface area contributed by atoms with E-state index >= 15 is 0 Å². The van der Waals surface area contributed by atoms with E-state index in [1.165, 1.54) is 45.2 Å². The number of nitrogens with zero attached hydrogens (tertiary/aromatic N) is 1. The van der Waals surface area contributed by atoms with Gasteiger partial charge in [-0.2, -0.15) is 0 Å². The van der Waals surface area contributed by atoms with Crippen molar-refractivity contribution in [2.24, 2.45) is 23.5 Å². The minimum atomic E-state index is 0.350. The van der Waals surface area contributed by atoms with Crippen LogP contribution in [-0.2, 0) is 0 Å². The maximum atomic E-state index is 6.20. The van der Waals surface area contributed by atoms with E-state index in [1.54, 1.807) is 0 Å². The molecular weight excluding hydrogens is 208 g/mol. The molecule has 1 aliphatic carbocycles. The second-order valence-electron chi connectivity index (χ2n) is 6.49. The lowest BCUT2D eigenvalue weighted by molar-refractivity contribution is 0.00530. The number of likely N-dealkylation sites (tertiary alicyclic amines) is 1. The average Bonchev–Trinajstić information content (AvgIpc) is 2.76. The highest BCUT2D eigenvalue weighted by Crippen LogP contribution is 2.43. The summed E-state index contributed by atoms with van der Waals surface area (Å²) in [5, 5.41) is 0. The highest BCUT2D eigenvalue weighted by molar-refractivity contribution is 5.02. The summed E-state index contributed by atoms with van der Waals surface area (Å²) in [6, 6.07) is 0. The van der Waals surface area contributed by atoms with Gasteiger partial charge in [-0.05, 0) is 43.6 Å². The first-order valence-corrected chi connectivity index (χ1v) is 7.59. The van der Waals surface area contributed by atoms with Gasteiger partial charge in [0.15, 0.2) is 0 Å². The van der Waals surface area contributed by atoms with Crippen molar-refractivity contribution < 1.29 is 0 Å². The number of hydrogen-bond donors (Lipinski definition) is 1. The summed E-state index contributed by atoms with van der Waals surface area (Å²) >= 11 is 0. The van der Waals surface area contributed by atoms with Crippen LogP contribution in [0, 0.1) is 17.8 Å². The SMILES string of the molecule is CCC1CCCC1(CN)N1CCC(C)C(C)C1. The highest BCUT2D eigenvalue weighted by Gasteiger charge is 2.46. The molecule has 4 unspecified atom stereocenters. The molecule has 100 valence electrons. The van der Waals surface area contributed by atoms with Crippen LogP contribution in [0.3, 0.4) is 0 Å². The standard InChI is InChI=1S/C15H30N2/c1-4-14-6-5-8-15(14,11-16)17-9-7-12(2)13(3)10-17/h12-14H,4-11,16H2,1-3H3. The molecule has 0 aromatic rings. The molecule has 2 rings (SSSR count). The second-order valence-corrected chi connectivity index (χ2v) is 6.49. The Morgan fingerprint density at radius 2 is 2.00 bits per heavy atom. The molecule has 2 N–H and O–H groups in total. The van der Waals surface area contributed by atoms with Gasteiger partial charge in [-0.25, -0.2) is 0 Å². The van der Waals surface area contributed by atoms with Crippen LogP contribution in [0.5, 0.6) is 0 Å². The molecule has 1 saturated carbocycles. The minimum Gasteiger partial charge on any atom is -0.329 e. The fraction of sp³-hybridized carbons (Fsp3) is 1.00. The van der Waals surface area contributed by atoms with E-state index in [9.17, 15) is 0 Å². The van der Waals surface area contributed by atoms with Crippen LogP contribution in [0.1, 0.15) is 52.9 Å². The fourth-order valence-electron chi connectivity index (χ4n) is 4.19. The summed E-state index contributed by atoms with van der Waals surface area (Å²) in [5.74, 6) is 2.57. The molecule has 1 saturated heterocycles. The van der Waals surface area contributed by atoms with Gasteiger partial charge in [0.2, 0.25) is 0 Å². The first-order chi connectivity index (χ1) is 8.14. The van der Waals surface area contributed by atoms with Gasteiger partial charge in [0, 0.05) is 18.6 Å². The van der Waals surface area contributed by atoms with Crippen molar-refractivity contribution in [3.8, 4) is 0 Å². The first kappa shape index (κ1) is 13.4. The largest absolute Gasteiger partial charge is 0.329 e. The molecule has 0 aromatic heterocycles. The van der Waals surface area contributed by atoms with Crippen LogP contribution in [-0.4, -0.2) is 30.1 Å². The van der Waals surface area contributed by atoms with Crippen molar-refractivity contribution in [3.05, 3.63) is 0 Å². The topological polar surface area (TPSA) is 29.3 Å². The van der Waals surface area contributed by atoms with Gasteiger partial charge in [-0.3, -0.25) is 4.90 Å². The molecule has 1 heterocycles. The van der Waals surface area contributed by atoms with Crippen LogP contribution in [0.25, 0.3) is 0 Å². The van der Waals surface area contributed by atoms with E-state index in [1.807, 2.05) is 0 Å². The van der Waals surface area contributed by atoms with Crippen LogP contribution >= 0.6 is 0 Å². The van der Waals surface area contributed by atoms with Crippen LogP contribution < -0.4 is 5.73 Å². The van der Waals surface area contributed by atoms with E-state index in [2.05, 4.69) is 25.7 Å². The molecule has 0 radical (unpaired) electrons. The van der Waals surface area contributed by atoms with Crippen LogP contribution in [0.2, 0.25) is 0 Å². The zero-order valence-electron chi connectivity index (χ0n) is 11.9. The molecule has 2 nitrogen and oxygen atoms in total. The number of piperidine rings is 1. The molecule has 0 amide bonds. The Morgan fingerprint density at radius 3 is 2.59 bits per heavy atom. The maximum absolute atomic E-state index is 6.20. The third-order valence-corrected chi connectivity index (χ3v) is 5.73. The predicted octanol–water partition coefficient (Wildman–Crippen LogP) is 2.87. The van der Waals surface area contributed by atoms with E-state index in [0.29, 0.717) is 5.54 Å². The molecule has 2 heteroatoms. The fourth-order valence-corrected chi connectivity index (χ4v) is 4.19. The van der Waals surface area contributed by atoms with E-state index < -0.39 is 0 Å². The quantitative estimate of drug-likeness (QED) is 0.819. The van der Waals surface area contributed by atoms with Gasteiger partial charge in [0.1, 0.15) is 0 Å². The summed E-state index contributed by atoms with van der Waals surface area (Å²) in [7, 11) is 0. The summed E-state index contributed by atoms with van der Waals surface area (Å²) in [4.78, 5) is 2.76. The van der Waals surface area contributed by atoms with Gasteiger partial charge in [-0.15, -0.1) is 0 Å². The highest BCUT2D eigenvalue weighted by atomic mass is 15.2. The first-order valence-electron chi connectivity index (χ1n) is 7.59. The van der Waals surface area contributed by atoms with Crippen molar-refractivity contribution in [2.75, 3.05) is 19.6 Å². The molecule has 1 aliphatic heterocycles. The summed E-state index contributed by atoms with van der Waals surface area (Å²) in [5.41, 5.74) is 6.55. The van der Waals surface area contributed by atoms with Crippen LogP contribution in [0.4, 0.5) is 0 Å². The molecule has 0 spiro atoms. The normalized spacial score (nSPS) is 44.1. The van der Waals surface area contributed by atoms with E-state index in [-0.39, 0.29) is 0 Å². The number of rotatable bonds is 3. The van der Waals surface area contributed by atoms with Gasteiger partial charge in [0.05, 0.1) is 0 Å². The summed E-state index contributed by atoms with van der Waals surface area (Å²) < 4.78 is 0. The van der Waals surface area contributed by atoms with E-state index in [4.69, 9.17) is 5.73 Å². The van der Waals surface area contributed by atoms with Gasteiger partial charge < -0.3 is 5.73 Å². The maximum Gasteiger partial charge on any atom is 0.0359 e. The third kappa shape index (κ3) is 2.26. The Bertz CT molecular complexity index is 253. The smallest absolute Gasteiger partial charge is 0.0359 e. The second kappa shape index (κ2) is 5.27. The molecule has 0 aromatic carbocycles. The molecule has 2 fully saturated rings. The van der Waals surface area contributed by atoms with Gasteiger partial charge in [0.25, 0.3) is 0 Å². The van der Waals surface area contributed by atoms with Crippen molar-refractivity contribution in [1.29, 1.82) is 0 Å². The van der Waals surface area contributed by atoms with Crippen LogP contribution in [0.15, 0.2) is 0 Å². The molecule has 0 bridgehead atoms.